The first-order valence-electron chi connectivity index (χ1n) is 10.3. The molecule has 1 N–H and O–H groups in total. The summed E-state index contributed by atoms with van der Waals surface area (Å²) in [4.78, 5) is 13.4. The van der Waals surface area contributed by atoms with E-state index in [1.807, 2.05) is 36.4 Å². The molecule has 2 aromatic carbocycles. The number of hydrogen-bond acceptors (Lipinski definition) is 2. The van der Waals surface area contributed by atoms with Crippen LogP contribution in [0.25, 0.3) is 6.08 Å². The highest BCUT2D eigenvalue weighted by Crippen LogP contribution is 2.60. The SMILES string of the molecule is C[C@]12CC[C@@H]3c4ccc(O)cc4CC[C@@H]3[C@H]1C/C(=C\c1ccc(Cl)cc1)C2=O. The lowest BCUT2D eigenvalue weighted by Crippen LogP contribution is -2.42. The van der Waals surface area contributed by atoms with Crippen LogP contribution in [0.1, 0.15) is 55.2 Å². The van der Waals surface area contributed by atoms with Crippen LogP contribution in [0.15, 0.2) is 48.0 Å². The Kier molecular flexibility index (Phi) is 4.17. The second kappa shape index (κ2) is 6.49. The Morgan fingerprint density at radius 2 is 1.93 bits per heavy atom. The van der Waals surface area contributed by atoms with Gasteiger partial charge in [-0.25, -0.2) is 0 Å². The van der Waals surface area contributed by atoms with E-state index in [9.17, 15) is 9.90 Å². The normalized spacial score (nSPS) is 32.7. The lowest BCUT2D eigenvalue weighted by atomic mass is 9.55. The van der Waals surface area contributed by atoms with Gasteiger partial charge in [0, 0.05) is 10.4 Å². The van der Waals surface area contributed by atoms with E-state index in [-0.39, 0.29) is 5.41 Å². The van der Waals surface area contributed by atoms with Crippen LogP contribution in [-0.4, -0.2) is 10.9 Å². The van der Waals surface area contributed by atoms with Crippen molar-refractivity contribution in [3.8, 4) is 5.75 Å². The van der Waals surface area contributed by atoms with Crippen LogP contribution < -0.4 is 0 Å². The van der Waals surface area contributed by atoms with Crippen LogP contribution in [0, 0.1) is 17.3 Å². The molecule has 0 saturated heterocycles. The van der Waals surface area contributed by atoms with Gasteiger partial charge in [-0.15, -0.1) is 0 Å². The monoisotopic (exact) mass is 392 g/mol. The number of phenolic OH excluding ortho intramolecular Hbond substituents is 1. The summed E-state index contributed by atoms with van der Waals surface area (Å²) in [5, 5.41) is 10.6. The number of Topliss-reactive ketones (excluding diaryl/α,β-unsaturated/α-hetero) is 1. The fourth-order valence-corrected chi connectivity index (χ4v) is 6.25. The number of carbonyl (C=O) groups excluding carboxylic acids is 1. The van der Waals surface area contributed by atoms with Crippen LogP contribution in [0.5, 0.6) is 5.75 Å². The van der Waals surface area contributed by atoms with Gasteiger partial charge in [0.15, 0.2) is 5.78 Å². The highest BCUT2D eigenvalue weighted by Gasteiger charge is 2.56. The fraction of sp³-hybridized carbons (Fsp3) is 0.400. The first-order valence-corrected chi connectivity index (χ1v) is 10.7. The number of benzene rings is 2. The first kappa shape index (κ1) is 18.0. The maximum atomic E-state index is 13.4. The van der Waals surface area contributed by atoms with Crippen molar-refractivity contribution in [3.63, 3.8) is 0 Å². The van der Waals surface area contributed by atoms with Crippen LogP contribution in [0.3, 0.4) is 0 Å². The van der Waals surface area contributed by atoms with E-state index in [4.69, 9.17) is 11.6 Å². The number of hydrogen-bond donors (Lipinski definition) is 1. The largest absolute Gasteiger partial charge is 0.508 e. The molecular formula is C25H25ClO2. The lowest BCUT2D eigenvalue weighted by Gasteiger charge is -2.48. The molecule has 0 radical (unpaired) electrons. The van der Waals surface area contributed by atoms with E-state index < -0.39 is 0 Å². The molecule has 2 fully saturated rings. The Labute approximate surface area is 171 Å². The Bertz CT molecular complexity index is 975. The number of carbonyl (C=O) groups is 1. The van der Waals surface area contributed by atoms with Gasteiger partial charge in [0.25, 0.3) is 0 Å². The quantitative estimate of drug-likeness (QED) is 0.589. The van der Waals surface area contributed by atoms with Crippen molar-refractivity contribution in [1.82, 2.24) is 0 Å². The Morgan fingerprint density at radius 3 is 2.71 bits per heavy atom. The van der Waals surface area contributed by atoms with Crippen LogP contribution in [-0.2, 0) is 11.2 Å². The molecule has 0 amide bonds. The zero-order valence-electron chi connectivity index (χ0n) is 16.1. The minimum absolute atomic E-state index is 0.228. The molecule has 0 bridgehead atoms. The van der Waals surface area contributed by atoms with Crippen molar-refractivity contribution >= 4 is 23.5 Å². The molecule has 28 heavy (non-hydrogen) atoms. The van der Waals surface area contributed by atoms with Crippen LogP contribution in [0.4, 0.5) is 0 Å². The van der Waals surface area contributed by atoms with Gasteiger partial charge in [-0.05, 0) is 102 Å². The molecular weight excluding hydrogens is 368 g/mol. The van der Waals surface area contributed by atoms with E-state index in [1.165, 1.54) is 11.1 Å². The van der Waals surface area contributed by atoms with Gasteiger partial charge < -0.3 is 5.11 Å². The van der Waals surface area contributed by atoms with Gasteiger partial charge >= 0.3 is 0 Å². The molecule has 0 aliphatic heterocycles. The predicted octanol–water partition coefficient (Wildman–Crippen LogP) is 6.16. The van der Waals surface area contributed by atoms with Gasteiger partial charge in [-0.3, -0.25) is 4.79 Å². The molecule has 3 heteroatoms. The van der Waals surface area contributed by atoms with Crippen LogP contribution in [0.2, 0.25) is 5.02 Å². The zero-order chi connectivity index (χ0) is 19.5. The second-order valence-corrected chi connectivity index (χ2v) is 9.45. The summed E-state index contributed by atoms with van der Waals surface area (Å²) in [6, 6.07) is 13.6. The van der Waals surface area contributed by atoms with Gasteiger partial charge in [0.1, 0.15) is 5.75 Å². The number of ketones is 1. The number of aromatic hydroxyl groups is 1. The maximum absolute atomic E-state index is 13.4. The van der Waals surface area contributed by atoms with Gasteiger partial charge in [0.05, 0.1) is 0 Å². The summed E-state index contributed by atoms with van der Waals surface area (Å²) >= 11 is 6.00. The summed E-state index contributed by atoms with van der Waals surface area (Å²) in [7, 11) is 0. The average Bonchev–Trinajstić information content (AvgIpc) is 2.94. The van der Waals surface area contributed by atoms with E-state index in [0.29, 0.717) is 29.3 Å². The average molecular weight is 393 g/mol. The van der Waals surface area contributed by atoms with Crippen molar-refractivity contribution in [2.24, 2.45) is 17.3 Å². The highest BCUT2D eigenvalue weighted by molar-refractivity contribution is 6.30. The predicted molar refractivity (Wildman–Crippen MR) is 113 cm³/mol. The van der Waals surface area contributed by atoms with Gasteiger partial charge in [0.2, 0.25) is 0 Å². The van der Waals surface area contributed by atoms with E-state index in [2.05, 4.69) is 19.1 Å². The third-order valence-electron chi connectivity index (χ3n) is 7.56. The van der Waals surface area contributed by atoms with Gasteiger partial charge in [-0.2, -0.15) is 0 Å². The third kappa shape index (κ3) is 2.73. The fourth-order valence-electron chi connectivity index (χ4n) is 6.13. The smallest absolute Gasteiger partial charge is 0.165 e. The minimum atomic E-state index is -0.228. The van der Waals surface area contributed by atoms with E-state index in [1.54, 1.807) is 0 Å². The first-order chi connectivity index (χ1) is 13.5. The summed E-state index contributed by atoms with van der Waals surface area (Å²) in [5.41, 5.74) is 4.50. The summed E-state index contributed by atoms with van der Waals surface area (Å²) in [6.45, 7) is 2.20. The summed E-state index contributed by atoms with van der Waals surface area (Å²) in [6.07, 6.45) is 7.09. The molecule has 4 atom stereocenters. The van der Waals surface area contributed by atoms with E-state index in [0.717, 1.165) is 48.3 Å². The van der Waals surface area contributed by atoms with Crippen molar-refractivity contribution < 1.29 is 9.90 Å². The number of rotatable bonds is 1. The van der Waals surface area contributed by atoms with Crippen molar-refractivity contribution in [3.05, 3.63) is 69.8 Å². The van der Waals surface area contributed by atoms with Crippen molar-refractivity contribution in [2.75, 3.05) is 0 Å². The molecule has 3 aliphatic rings. The molecule has 0 aromatic heterocycles. The zero-order valence-corrected chi connectivity index (χ0v) is 16.9. The minimum Gasteiger partial charge on any atom is -0.508 e. The lowest BCUT2D eigenvalue weighted by molar-refractivity contribution is -0.127. The van der Waals surface area contributed by atoms with Crippen molar-refractivity contribution in [2.45, 2.75) is 44.9 Å². The van der Waals surface area contributed by atoms with E-state index >= 15 is 0 Å². The Hall–Kier alpha value is -2.06. The molecule has 0 spiro atoms. The highest BCUT2D eigenvalue weighted by atomic mass is 35.5. The summed E-state index contributed by atoms with van der Waals surface area (Å²) < 4.78 is 0. The molecule has 0 unspecified atom stereocenters. The number of phenols is 1. The maximum Gasteiger partial charge on any atom is 0.165 e. The Morgan fingerprint density at radius 1 is 1.14 bits per heavy atom. The molecule has 2 saturated carbocycles. The number of allylic oxidation sites excluding steroid dienone is 1. The number of aryl methyl sites for hydroxylation is 1. The molecule has 0 heterocycles. The van der Waals surface area contributed by atoms with Gasteiger partial charge in [-0.1, -0.05) is 36.7 Å². The number of halogens is 1. The third-order valence-corrected chi connectivity index (χ3v) is 7.81. The summed E-state index contributed by atoms with van der Waals surface area (Å²) in [5.74, 6) is 2.20. The van der Waals surface area contributed by atoms with Crippen molar-refractivity contribution in [1.29, 1.82) is 0 Å². The molecule has 5 rings (SSSR count). The molecule has 2 aromatic rings. The molecule has 2 nitrogen and oxygen atoms in total. The Balaban J connectivity index is 1.48. The van der Waals surface area contributed by atoms with Crippen LogP contribution >= 0.6 is 11.6 Å². The molecule has 144 valence electrons. The second-order valence-electron chi connectivity index (χ2n) is 9.01. The number of fused-ring (bicyclic) bond motifs is 5. The standard InChI is InChI=1S/C25H25ClO2/c1-25-11-10-21-20-9-7-19(27)13-16(20)4-8-22(21)23(25)14-17(24(25)28)12-15-2-5-18(26)6-3-15/h2-3,5-7,9,12-13,21-23,27H,4,8,10-11,14H2,1H3/b17-12+/t21-,22+,23-,25+/m1/s1. The molecule has 3 aliphatic carbocycles. The topological polar surface area (TPSA) is 37.3 Å².